The number of aryl methyl sites for hydroxylation is 2. The van der Waals surface area contributed by atoms with Gasteiger partial charge in [0.1, 0.15) is 6.04 Å². The summed E-state index contributed by atoms with van der Waals surface area (Å²) in [5.74, 6) is -0.659. The van der Waals surface area contributed by atoms with Gasteiger partial charge >= 0.3 is 0 Å². The highest BCUT2D eigenvalue weighted by atomic mass is 32.2. The molecule has 6 nitrogen and oxygen atoms in total. The Hall–Kier alpha value is -3.45. The van der Waals surface area contributed by atoms with Crippen LogP contribution in [0.25, 0.3) is 0 Å². The second-order valence-corrected chi connectivity index (χ2v) is 12.1. The van der Waals surface area contributed by atoms with E-state index in [1.165, 1.54) is 0 Å². The summed E-state index contributed by atoms with van der Waals surface area (Å²) >= 11 is 0. The SMILES string of the molecule is Cc1ccc(C)c(N([C@H](C)C(=O)Nc2cccc(C(=O)c3ccc(C(C)(C)C)cc3)c2)S(C)(=O)=O)c1. The maximum Gasteiger partial charge on any atom is 0.247 e. The lowest BCUT2D eigenvalue weighted by molar-refractivity contribution is -0.116. The van der Waals surface area contributed by atoms with Crippen LogP contribution in [0.5, 0.6) is 0 Å². The van der Waals surface area contributed by atoms with E-state index in [1.807, 2.05) is 43.3 Å². The molecule has 36 heavy (non-hydrogen) atoms. The third-order valence-electron chi connectivity index (χ3n) is 6.10. The van der Waals surface area contributed by atoms with Crippen LogP contribution >= 0.6 is 0 Å². The number of nitrogens with zero attached hydrogens (tertiary/aromatic N) is 1. The molecule has 0 aliphatic carbocycles. The molecule has 0 saturated carbocycles. The smallest absolute Gasteiger partial charge is 0.247 e. The first-order valence-electron chi connectivity index (χ1n) is 11.8. The topological polar surface area (TPSA) is 83.6 Å². The molecule has 0 aromatic heterocycles. The Kier molecular flexibility index (Phi) is 7.74. The second kappa shape index (κ2) is 10.3. The Labute approximate surface area is 214 Å². The molecular weight excluding hydrogens is 472 g/mol. The average Bonchev–Trinajstić information content (AvgIpc) is 2.79. The van der Waals surface area contributed by atoms with E-state index in [0.717, 1.165) is 27.3 Å². The molecule has 0 bridgehead atoms. The van der Waals surface area contributed by atoms with E-state index in [0.29, 0.717) is 22.5 Å². The fraction of sp³-hybridized carbons (Fsp3) is 0.310. The lowest BCUT2D eigenvalue weighted by atomic mass is 9.86. The van der Waals surface area contributed by atoms with Crippen molar-refractivity contribution in [2.24, 2.45) is 0 Å². The van der Waals surface area contributed by atoms with Gasteiger partial charge in [0.2, 0.25) is 15.9 Å². The van der Waals surface area contributed by atoms with Gasteiger partial charge in [-0.2, -0.15) is 0 Å². The number of sulfonamides is 1. The molecule has 0 unspecified atom stereocenters. The van der Waals surface area contributed by atoms with Gasteiger partial charge in [0.05, 0.1) is 11.9 Å². The van der Waals surface area contributed by atoms with E-state index in [1.54, 1.807) is 44.2 Å². The Morgan fingerprint density at radius 2 is 1.53 bits per heavy atom. The molecule has 0 spiro atoms. The number of anilines is 2. The third-order valence-corrected chi connectivity index (χ3v) is 7.32. The van der Waals surface area contributed by atoms with Crippen molar-refractivity contribution in [1.29, 1.82) is 0 Å². The van der Waals surface area contributed by atoms with Gasteiger partial charge in [-0.15, -0.1) is 0 Å². The minimum Gasteiger partial charge on any atom is -0.324 e. The highest BCUT2D eigenvalue weighted by Gasteiger charge is 2.30. The van der Waals surface area contributed by atoms with Crippen LogP contribution in [0.1, 0.15) is 60.3 Å². The molecule has 1 amide bonds. The Balaban J connectivity index is 1.84. The number of benzene rings is 3. The molecule has 3 aromatic carbocycles. The van der Waals surface area contributed by atoms with E-state index >= 15 is 0 Å². The minimum atomic E-state index is -3.75. The first kappa shape index (κ1) is 27.1. The largest absolute Gasteiger partial charge is 0.324 e. The number of amides is 1. The van der Waals surface area contributed by atoms with Crippen molar-refractivity contribution in [2.45, 2.75) is 53.0 Å². The molecule has 7 heteroatoms. The van der Waals surface area contributed by atoms with Crippen LogP contribution in [0.4, 0.5) is 11.4 Å². The van der Waals surface area contributed by atoms with Crippen molar-refractivity contribution in [3.05, 3.63) is 94.5 Å². The van der Waals surface area contributed by atoms with Gasteiger partial charge in [-0.25, -0.2) is 8.42 Å². The van der Waals surface area contributed by atoms with Crippen molar-refractivity contribution in [3.8, 4) is 0 Å². The van der Waals surface area contributed by atoms with E-state index in [2.05, 4.69) is 26.1 Å². The summed E-state index contributed by atoms with van der Waals surface area (Å²) in [7, 11) is -3.75. The van der Waals surface area contributed by atoms with Crippen molar-refractivity contribution in [3.63, 3.8) is 0 Å². The molecule has 0 fully saturated rings. The van der Waals surface area contributed by atoms with Crippen LogP contribution in [-0.2, 0) is 20.2 Å². The molecule has 3 rings (SSSR count). The molecule has 3 aromatic rings. The van der Waals surface area contributed by atoms with Crippen molar-refractivity contribution in [1.82, 2.24) is 0 Å². The lowest BCUT2D eigenvalue weighted by Gasteiger charge is -2.29. The zero-order valence-corrected chi connectivity index (χ0v) is 22.7. The number of carbonyl (C=O) groups is 2. The highest BCUT2D eigenvalue weighted by molar-refractivity contribution is 7.92. The molecular formula is C29H34N2O4S. The summed E-state index contributed by atoms with van der Waals surface area (Å²) in [6.07, 6.45) is 1.09. The Morgan fingerprint density at radius 3 is 2.11 bits per heavy atom. The van der Waals surface area contributed by atoms with Crippen LogP contribution in [0.3, 0.4) is 0 Å². The lowest BCUT2D eigenvalue weighted by Crippen LogP contribution is -2.45. The number of ketones is 1. The molecule has 0 heterocycles. The molecule has 1 atom stereocenters. The van der Waals surface area contributed by atoms with Gasteiger partial charge in [-0.1, -0.05) is 69.3 Å². The number of carbonyl (C=O) groups excluding carboxylic acids is 2. The van der Waals surface area contributed by atoms with Crippen LogP contribution in [0.2, 0.25) is 0 Å². The maximum atomic E-state index is 13.2. The summed E-state index contributed by atoms with van der Waals surface area (Å²) in [4.78, 5) is 26.2. The Morgan fingerprint density at radius 1 is 0.889 bits per heavy atom. The molecule has 0 radical (unpaired) electrons. The van der Waals surface area contributed by atoms with E-state index in [-0.39, 0.29) is 11.2 Å². The van der Waals surface area contributed by atoms with Gasteiger partial charge in [-0.05, 0) is 61.1 Å². The summed E-state index contributed by atoms with van der Waals surface area (Å²) in [5.41, 5.74) is 4.61. The van der Waals surface area contributed by atoms with E-state index in [9.17, 15) is 18.0 Å². The van der Waals surface area contributed by atoms with Gasteiger partial charge in [-0.3, -0.25) is 13.9 Å². The third kappa shape index (κ3) is 6.21. The zero-order chi connectivity index (χ0) is 26.8. The first-order chi connectivity index (χ1) is 16.7. The fourth-order valence-corrected chi connectivity index (χ4v) is 5.24. The van der Waals surface area contributed by atoms with Gasteiger partial charge in [0, 0.05) is 16.8 Å². The van der Waals surface area contributed by atoms with Crippen LogP contribution in [0.15, 0.2) is 66.7 Å². The summed E-state index contributed by atoms with van der Waals surface area (Å²) in [5, 5.41) is 2.78. The second-order valence-electron chi connectivity index (χ2n) is 10.3. The molecule has 0 saturated heterocycles. The Bertz CT molecular complexity index is 1390. The molecule has 0 aliphatic rings. The summed E-state index contributed by atoms with van der Waals surface area (Å²) in [6.45, 7) is 11.6. The maximum absolute atomic E-state index is 13.2. The predicted octanol–water partition coefficient (Wildman–Crippen LogP) is 5.63. The minimum absolute atomic E-state index is 0.0146. The summed E-state index contributed by atoms with van der Waals surface area (Å²) < 4.78 is 26.5. The number of nitrogens with one attached hydrogen (secondary N) is 1. The highest BCUT2D eigenvalue weighted by Crippen LogP contribution is 2.27. The standard InChI is InChI=1S/C29H34N2O4S/c1-19-11-12-20(2)26(17-19)31(36(7,34)35)21(3)28(33)30-25-10-8-9-23(18-25)27(32)22-13-15-24(16-14-22)29(4,5)6/h8-18,21H,1-7H3,(H,30,33)/t21-/m1/s1. The fourth-order valence-electron chi connectivity index (χ4n) is 4.01. The summed E-state index contributed by atoms with van der Waals surface area (Å²) in [6, 6.07) is 18.7. The monoisotopic (exact) mass is 506 g/mol. The van der Waals surface area contributed by atoms with Crippen LogP contribution < -0.4 is 9.62 Å². The molecule has 0 aliphatic heterocycles. The number of hydrogen-bond acceptors (Lipinski definition) is 4. The van der Waals surface area contributed by atoms with Crippen molar-refractivity contribution >= 4 is 33.1 Å². The van der Waals surface area contributed by atoms with Gasteiger partial charge in [0.15, 0.2) is 5.78 Å². The van der Waals surface area contributed by atoms with Crippen LogP contribution in [-0.4, -0.2) is 32.4 Å². The predicted molar refractivity (Wildman–Crippen MR) is 146 cm³/mol. The first-order valence-corrected chi connectivity index (χ1v) is 13.7. The quantitative estimate of drug-likeness (QED) is 0.421. The van der Waals surface area contributed by atoms with Crippen LogP contribution in [0, 0.1) is 13.8 Å². The number of rotatable bonds is 7. The van der Waals surface area contributed by atoms with E-state index < -0.39 is 22.0 Å². The van der Waals surface area contributed by atoms with Gasteiger partial charge in [0.25, 0.3) is 0 Å². The van der Waals surface area contributed by atoms with Crippen molar-refractivity contribution in [2.75, 3.05) is 15.9 Å². The van der Waals surface area contributed by atoms with E-state index in [4.69, 9.17) is 0 Å². The van der Waals surface area contributed by atoms with Gasteiger partial charge < -0.3 is 5.32 Å². The molecule has 190 valence electrons. The molecule has 1 N–H and O–H groups in total. The zero-order valence-electron chi connectivity index (χ0n) is 21.9. The average molecular weight is 507 g/mol. The normalized spacial score (nSPS) is 12.6. The van der Waals surface area contributed by atoms with Crippen molar-refractivity contribution < 1.29 is 18.0 Å². The number of hydrogen-bond donors (Lipinski definition) is 1.